The topological polar surface area (TPSA) is 15.8 Å². The van der Waals surface area contributed by atoms with Gasteiger partial charge in [-0.25, -0.2) is 0 Å². The van der Waals surface area contributed by atoms with Gasteiger partial charge in [0.2, 0.25) is 0 Å². The highest BCUT2D eigenvalue weighted by Gasteiger charge is 2.02. The van der Waals surface area contributed by atoms with Gasteiger partial charge in [0.15, 0.2) is 0 Å². The van der Waals surface area contributed by atoms with Gasteiger partial charge in [0.05, 0.1) is 0 Å². The summed E-state index contributed by atoms with van der Waals surface area (Å²) in [6, 6.07) is 17.1. The summed E-state index contributed by atoms with van der Waals surface area (Å²) in [7, 11) is 0. The number of H-pyrrole nitrogens is 1. The van der Waals surface area contributed by atoms with Crippen LogP contribution in [-0.2, 0) is 0 Å². The zero-order chi connectivity index (χ0) is 11.0. The van der Waals surface area contributed by atoms with E-state index in [-0.39, 0.29) is 0 Å². The van der Waals surface area contributed by atoms with Crippen molar-refractivity contribution in [1.82, 2.24) is 4.98 Å². The molecule has 0 radical (unpaired) electrons. The molecule has 0 spiro atoms. The molecule has 0 saturated heterocycles. The van der Waals surface area contributed by atoms with Crippen LogP contribution in [0.4, 0.5) is 0 Å². The fraction of sp³-hybridized carbons (Fsp3) is 0.0667. The highest BCUT2D eigenvalue weighted by Crippen LogP contribution is 2.26. The summed E-state index contributed by atoms with van der Waals surface area (Å²) in [5.41, 5.74) is 5.08. The van der Waals surface area contributed by atoms with Crippen molar-refractivity contribution in [3.63, 3.8) is 0 Å². The van der Waals surface area contributed by atoms with Gasteiger partial charge < -0.3 is 4.98 Å². The molecule has 0 aliphatic carbocycles. The molecule has 3 rings (SSSR count). The van der Waals surface area contributed by atoms with E-state index in [1.54, 1.807) is 0 Å². The van der Waals surface area contributed by atoms with Crippen LogP contribution in [0.5, 0.6) is 0 Å². The van der Waals surface area contributed by atoms with E-state index in [0.29, 0.717) is 0 Å². The number of rotatable bonds is 1. The molecular weight excluding hydrogens is 194 g/mol. The third-order valence-electron chi connectivity index (χ3n) is 2.96. The molecule has 0 fully saturated rings. The molecule has 78 valence electrons. The number of hydrogen-bond acceptors (Lipinski definition) is 0. The number of benzene rings is 2. The van der Waals surface area contributed by atoms with Crippen molar-refractivity contribution in [2.24, 2.45) is 0 Å². The number of nitrogens with one attached hydrogen (secondary N) is 1. The normalized spacial score (nSPS) is 10.8. The molecule has 1 heteroatoms. The Morgan fingerprint density at radius 1 is 0.875 bits per heavy atom. The van der Waals surface area contributed by atoms with Crippen LogP contribution in [0.3, 0.4) is 0 Å². The maximum atomic E-state index is 3.27. The van der Waals surface area contributed by atoms with Crippen molar-refractivity contribution in [1.29, 1.82) is 0 Å². The SMILES string of the molecule is Cc1cc(-c2ccccc2)cc2cc[nH]c12. The van der Waals surface area contributed by atoms with Gasteiger partial charge in [0.25, 0.3) is 0 Å². The minimum Gasteiger partial charge on any atom is -0.361 e. The molecule has 0 atom stereocenters. The Balaban J connectivity index is 2.25. The lowest BCUT2D eigenvalue weighted by atomic mass is 10.0. The van der Waals surface area contributed by atoms with E-state index in [1.165, 1.54) is 27.6 Å². The summed E-state index contributed by atoms with van der Waals surface area (Å²) < 4.78 is 0. The van der Waals surface area contributed by atoms with Gasteiger partial charge in [-0.2, -0.15) is 0 Å². The van der Waals surface area contributed by atoms with Crippen molar-refractivity contribution in [3.05, 3.63) is 60.3 Å². The summed E-state index contributed by atoms with van der Waals surface area (Å²) in [6.45, 7) is 2.14. The van der Waals surface area contributed by atoms with E-state index < -0.39 is 0 Å². The van der Waals surface area contributed by atoms with Gasteiger partial charge in [-0.05, 0) is 41.8 Å². The van der Waals surface area contributed by atoms with Crippen LogP contribution in [-0.4, -0.2) is 4.98 Å². The molecule has 0 amide bonds. The maximum absolute atomic E-state index is 3.27. The summed E-state index contributed by atoms with van der Waals surface area (Å²) >= 11 is 0. The van der Waals surface area contributed by atoms with Gasteiger partial charge >= 0.3 is 0 Å². The molecule has 2 aromatic carbocycles. The van der Waals surface area contributed by atoms with Crippen molar-refractivity contribution >= 4 is 10.9 Å². The first kappa shape index (κ1) is 9.22. The molecule has 3 aromatic rings. The second-order valence-corrected chi connectivity index (χ2v) is 4.10. The van der Waals surface area contributed by atoms with Gasteiger partial charge in [-0.1, -0.05) is 30.3 Å². The van der Waals surface area contributed by atoms with Crippen molar-refractivity contribution in [3.8, 4) is 11.1 Å². The van der Waals surface area contributed by atoms with E-state index in [9.17, 15) is 0 Å². The number of fused-ring (bicyclic) bond motifs is 1. The van der Waals surface area contributed by atoms with Crippen molar-refractivity contribution in [2.45, 2.75) is 6.92 Å². The Hall–Kier alpha value is -2.02. The summed E-state index contributed by atoms with van der Waals surface area (Å²) in [6.07, 6.45) is 1.99. The van der Waals surface area contributed by atoms with Crippen LogP contribution in [0.1, 0.15) is 5.56 Å². The Kier molecular flexibility index (Phi) is 2.03. The Bertz CT molecular complexity index is 620. The molecule has 0 unspecified atom stereocenters. The molecule has 0 bridgehead atoms. The molecule has 1 nitrogen and oxygen atoms in total. The number of aromatic nitrogens is 1. The summed E-state index contributed by atoms with van der Waals surface area (Å²) in [5, 5.41) is 1.28. The standard InChI is InChI=1S/C15H13N/c1-11-9-14(12-5-3-2-4-6-12)10-13-7-8-16-15(11)13/h2-10,16H,1H3. The number of aryl methyl sites for hydroxylation is 1. The molecule has 0 aliphatic heterocycles. The Labute approximate surface area is 94.7 Å². The van der Waals surface area contributed by atoms with Crippen LogP contribution in [0, 0.1) is 6.92 Å². The Morgan fingerprint density at radius 2 is 1.69 bits per heavy atom. The fourth-order valence-electron chi connectivity index (χ4n) is 2.16. The molecule has 1 aromatic heterocycles. The highest BCUT2D eigenvalue weighted by molar-refractivity contribution is 5.87. The predicted molar refractivity (Wildman–Crippen MR) is 68.5 cm³/mol. The van der Waals surface area contributed by atoms with Crippen LogP contribution in [0.2, 0.25) is 0 Å². The molecule has 0 aliphatic rings. The lowest BCUT2D eigenvalue weighted by molar-refractivity contribution is 1.42. The summed E-state index contributed by atoms with van der Waals surface area (Å²) in [5.74, 6) is 0. The van der Waals surface area contributed by atoms with E-state index in [4.69, 9.17) is 0 Å². The van der Waals surface area contributed by atoms with E-state index >= 15 is 0 Å². The van der Waals surface area contributed by atoms with E-state index in [2.05, 4.69) is 54.4 Å². The van der Waals surface area contributed by atoms with E-state index in [1.807, 2.05) is 12.3 Å². The van der Waals surface area contributed by atoms with Crippen LogP contribution >= 0.6 is 0 Å². The molecule has 1 N–H and O–H groups in total. The number of aromatic amines is 1. The largest absolute Gasteiger partial charge is 0.361 e. The van der Waals surface area contributed by atoms with Crippen molar-refractivity contribution in [2.75, 3.05) is 0 Å². The van der Waals surface area contributed by atoms with Crippen LogP contribution in [0.15, 0.2) is 54.7 Å². The monoisotopic (exact) mass is 207 g/mol. The lowest BCUT2D eigenvalue weighted by Crippen LogP contribution is -1.81. The first-order valence-corrected chi connectivity index (χ1v) is 5.48. The molecule has 16 heavy (non-hydrogen) atoms. The third kappa shape index (κ3) is 1.41. The smallest absolute Gasteiger partial charge is 0.0484 e. The highest BCUT2D eigenvalue weighted by atomic mass is 14.7. The third-order valence-corrected chi connectivity index (χ3v) is 2.96. The molecule has 1 heterocycles. The van der Waals surface area contributed by atoms with Crippen molar-refractivity contribution < 1.29 is 0 Å². The average molecular weight is 207 g/mol. The second-order valence-electron chi connectivity index (χ2n) is 4.10. The average Bonchev–Trinajstić information content (AvgIpc) is 2.79. The van der Waals surface area contributed by atoms with Crippen LogP contribution < -0.4 is 0 Å². The van der Waals surface area contributed by atoms with Crippen LogP contribution in [0.25, 0.3) is 22.0 Å². The maximum Gasteiger partial charge on any atom is 0.0484 e. The van der Waals surface area contributed by atoms with Gasteiger partial charge in [0, 0.05) is 17.1 Å². The van der Waals surface area contributed by atoms with Gasteiger partial charge in [-0.15, -0.1) is 0 Å². The minimum atomic E-state index is 1.24. The van der Waals surface area contributed by atoms with Gasteiger partial charge in [0.1, 0.15) is 0 Å². The fourth-order valence-corrected chi connectivity index (χ4v) is 2.16. The first-order valence-electron chi connectivity index (χ1n) is 5.48. The quantitative estimate of drug-likeness (QED) is 0.617. The van der Waals surface area contributed by atoms with E-state index in [0.717, 1.165) is 0 Å². The number of hydrogen-bond donors (Lipinski definition) is 1. The first-order chi connectivity index (χ1) is 7.84. The minimum absolute atomic E-state index is 1.24. The molecular formula is C15H13N. The zero-order valence-electron chi connectivity index (χ0n) is 9.20. The predicted octanol–water partition coefficient (Wildman–Crippen LogP) is 4.14. The molecule has 0 saturated carbocycles. The van der Waals surface area contributed by atoms with Gasteiger partial charge in [-0.3, -0.25) is 0 Å². The second kappa shape index (κ2) is 3.53. The zero-order valence-corrected chi connectivity index (χ0v) is 9.20. The summed E-state index contributed by atoms with van der Waals surface area (Å²) in [4.78, 5) is 3.27. The Morgan fingerprint density at radius 3 is 2.50 bits per heavy atom. The lowest BCUT2D eigenvalue weighted by Gasteiger charge is -2.04.